The molecule has 2 N–H and O–H groups in total. The van der Waals surface area contributed by atoms with Crippen molar-refractivity contribution in [1.29, 1.82) is 0 Å². The Hall–Kier alpha value is -3.35. The molecule has 7 nitrogen and oxygen atoms in total. The molecule has 0 amide bonds. The molecule has 0 aliphatic heterocycles. The predicted molar refractivity (Wildman–Crippen MR) is 91.3 cm³/mol. The van der Waals surface area contributed by atoms with E-state index in [1.807, 2.05) is 0 Å². The zero-order valence-corrected chi connectivity index (χ0v) is 13.1. The number of nitro groups is 1. The Kier molecular flexibility index (Phi) is 3.91. The van der Waals surface area contributed by atoms with Gasteiger partial charge in [-0.05, 0) is 18.2 Å². The standard InChI is InChI=1S/C17H15N3O4/c1-23-15-8-10-7-12(11-5-3-4-6-14(11)20(21)22)17(18)19-13(10)9-16(15)24-2/h3-9H,1-2H3,(H2,18,19). The molecule has 2 aromatic carbocycles. The smallest absolute Gasteiger partial charge is 0.277 e. The van der Waals surface area contributed by atoms with Gasteiger partial charge in [-0.25, -0.2) is 4.98 Å². The van der Waals surface area contributed by atoms with Crippen LogP contribution in [-0.4, -0.2) is 24.1 Å². The van der Waals surface area contributed by atoms with E-state index < -0.39 is 4.92 Å². The van der Waals surface area contributed by atoms with Crippen LogP contribution in [0.3, 0.4) is 0 Å². The first-order valence-corrected chi connectivity index (χ1v) is 7.11. The third-order valence-electron chi connectivity index (χ3n) is 3.74. The molecule has 122 valence electrons. The first-order chi connectivity index (χ1) is 11.5. The van der Waals surface area contributed by atoms with Crippen molar-refractivity contribution in [2.24, 2.45) is 0 Å². The summed E-state index contributed by atoms with van der Waals surface area (Å²) >= 11 is 0. The maximum atomic E-state index is 11.3. The second-order valence-electron chi connectivity index (χ2n) is 5.10. The maximum Gasteiger partial charge on any atom is 0.277 e. The molecule has 24 heavy (non-hydrogen) atoms. The summed E-state index contributed by atoms with van der Waals surface area (Å²) in [6, 6.07) is 11.7. The number of hydrogen-bond donors (Lipinski definition) is 1. The minimum atomic E-state index is -0.437. The molecule has 0 aliphatic rings. The summed E-state index contributed by atoms with van der Waals surface area (Å²) in [5, 5.41) is 12.0. The van der Waals surface area contributed by atoms with Gasteiger partial charge in [0, 0.05) is 23.1 Å². The molecule has 0 spiro atoms. The lowest BCUT2D eigenvalue weighted by molar-refractivity contribution is -0.384. The number of benzene rings is 2. The summed E-state index contributed by atoms with van der Waals surface area (Å²) in [4.78, 5) is 15.2. The summed E-state index contributed by atoms with van der Waals surface area (Å²) < 4.78 is 10.5. The van der Waals surface area contributed by atoms with Crippen LogP contribution in [0.1, 0.15) is 0 Å². The Labute approximate surface area is 137 Å². The van der Waals surface area contributed by atoms with E-state index in [1.165, 1.54) is 20.3 Å². The first-order valence-electron chi connectivity index (χ1n) is 7.11. The van der Waals surface area contributed by atoms with Gasteiger partial charge in [0.2, 0.25) is 0 Å². The van der Waals surface area contributed by atoms with Gasteiger partial charge in [-0.3, -0.25) is 10.1 Å². The van der Waals surface area contributed by atoms with Crippen LogP contribution in [0, 0.1) is 10.1 Å². The van der Waals surface area contributed by atoms with Crippen molar-refractivity contribution in [3.05, 3.63) is 52.6 Å². The number of pyridine rings is 1. The third kappa shape index (κ3) is 2.56. The molecule has 1 heterocycles. The highest BCUT2D eigenvalue weighted by atomic mass is 16.6. The molecule has 0 bridgehead atoms. The van der Waals surface area contributed by atoms with Gasteiger partial charge in [-0.1, -0.05) is 12.1 Å². The van der Waals surface area contributed by atoms with Crippen LogP contribution in [0.5, 0.6) is 11.5 Å². The van der Waals surface area contributed by atoms with Crippen LogP contribution < -0.4 is 15.2 Å². The number of nitrogens with two attached hydrogens (primary N) is 1. The summed E-state index contributed by atoms with van der Waals surface area (Å²) in [7, 11) is 3.08. The summed E-state index contributed by atoms with van der Waals surface area (Å²) in [6.07, 6.45) is 0. The second-order valence-corrected chi connectivity index (χ2v) is 5.10. The molecule has 0 unspecified atom stereocenters. The predicted octanol–water partition coefficient (Wildman–Crippen LogP) is 3.41. The van der Waals surface area contributed by atoms with E-state index in [2.05, 4.69) is 4.98 Å². The van der Waals surface area contributed by atoms with E-state index in [0.717, 1.165) is 5.39 Å². The fourth-order valence-corrected chi connectivity index (χ4v) is 2.59. The lowest BCUT2D eigenvalue weighted by Crippen LogP contribution is -1.99. The number of anilines is 1. The van der Waals surface area contributed by atoms with E-state index in [4.69, 9.17) is 15.2 Å². The number of aromatic nitrogens is 1. The van der Waals surface area contributed by atoms with Gasteiger partial charge in [0.05, 0.1) is 30.2 Å². The topological polar surface area (TPSA) is 101 Å². The third-order valence-corrected chi connectivity index (χ3v) is 3.74. The van der Waals surface area contributed by atoms with Crippen LogP contribution in [0.4, 0.5) is 11.5 Å². The fourth-order valence-electron chi connectivity index (χ4n) is 2.59. The molecular formula is C17H15N3O4. The van der Waals surface area contributed by atoms with Gasteiger partial charge in [-0.15, -0.1) is 0 Å². The van der Waals surface area contributed by atoms with Crippen LogP contribution in [-0.2, 0) is 0 Å². The van der Waals surface area contributed by atoms with E-state index in [-0.39, 0.29) is 11.5 Å². The fraction of sp³-hybridized carbons (Fsp3) is 0.118. The van der Waals surface area contributed by atoms with E-state index in [1.54, 1.807) is 36.4 Å². The molecule has 1 aromatic heterocycles. The van der Waals surface area contributed by atoms with Crippen molar-refractivity contribution in [3.63, 3.8) is 0 Å². The van der Waals surface area contributed by atoms with E-state index in [9.17, 15) is 10.1 Å². The lowest BCUT2D eigenvalue weighted by Gasteiger charge is -2.11. The Morgan fingerprint density at radius 2 is 1.71 bits per heavy atom. The highest BCUT2D eigenvalue weighted by Gasteiger charge is 2.18. The number of ether oxygens (including phenoxy) is 2. The Bertz CT molecular complexity index is 941. The minimum Gasteiger partial charge on any atom is -0.493 e. The lowest BCUT2D eigenvalue weighted by atomic mass is 10.0. The van der Waals surface area contributed by atoms with Gasteiger partial charge in [0.25, 0.3) is 5.69 Å². The van der Waals surface area contributed by atoms with Crippen LogP contribution in [0.15, 0.2) is 42.5 Å². The largest absolute Gasteiger partial charge is 0.493 e. The highest BCUT2D eigenvalue weighted by molar-refractivity contribution is 5.92. The van der Waals surface area contributed by atoms with Gasteiger partial charge < -0.3 is 15.2 Å². The van der Waals surface area contributed by atoms with Gasteiger partial charge in [0.1, 0.15) is 5.82 Å². The second kappa shape index (κ2) is 6.04. The number of methoxy groups -OCH3 is 2. The summed E-state index contributed by atoms with van der Waals surface area (Å²) in [5.74, 6) is 1.30. The van der Waals surface area contributed by atoms with Crippen LogP contribution in [0.25, 0.3) is 22.0 Å². The molecule has 0 fully saturated rings. The Morgan fingerprint density at radius 1 is 1.04 bits per heavy atom. The van der Waals surface area contributed by atoms with Crippen LogP contribution >= 0.6 is 0 Å². The van der Waals surface area contributed by atoms with E-state index >= 15 is 0 Å². The summed E-state index contributed by atoms with van der Waals surface area (Å²) in [5.41, 5.74) is 7.56. The van der Waals surface area contributed by atoms with E-state index in [0.29, 0.717) is 28.1 Å². The molecule has 0 atom stereocenters. The molecule has 7 heteroatoms. The zero-order chi connectivity index (χ0) is 17.3. The number of fused-ring (bicyclic) bond motifs is 1. The van der Waals surface area contributed by atoms with Crippen molar-refractivity contribution in [1.82, 2.24) is 4.98 Å². The molecule has 0 radical (unpaired) electrons. The summed E-state index contributed by atoms with van der Waals surface area (Å²) in [6.45, 7) is 0. The Morgan fingerprint density at radius 3 is 2.38 bits per heavy atom. The Balaban J connectivity index is 2.27. The molecule has 0 saturated carbocycles. The van der Waals surface area contributed by atoms with Crippen molar-refractivity contribution >= 4 is 22.4 Å². The molecule has 0 saturated heterocycles. The number of rotatable bonds is 4. The monoisotopic (exact) mass is 325 g/mol. The average Bonchev–Trinajstić information content (AvgIpc) is 2.60. The molecular weight excluding hydrogens is 310 g/mol. The van der Waals surface area contributed by atoms with Crippen molar-refractivity contribution < 1.29 is 14.4 Å². The maximum absolute atomic E-state index is 11.3. The van der Waals surface area contributed by atoms with Gasteiger partial charge in [0.15, 0.2) is 11.5 Å². The van der Waals surface area contributed by atoms with Gasteiger partial charge >= 0.3 is 0 Å². The zero-order valence-electron chi connectivity index (χ0n) is 13.1. The van der Waals surface area contributed by atoms with Crippen LogP contribution in [0.2, 0.25) is 0 Å². The molecule has 0 aliphatic carbocycles. The van der Waals surface area contributed by atoms with Crippen molar-refractivity contribution in [2.45, 2.75) is 0 Å². The number of nitrogens with zero attached hydrogens (tertiary/aromatic N) is 2. The number of hydrogen-bond acceptors (Lipinski definition) is 6. The quantitative estimate of drug-likeness (QED) is 0.583. The number of nitrogen functional groups attached to an aromatic ring is 1. The number of para-hydroxylation sites is 1. The SMILES string of the molecule is COc1cc2cc(-c3ccccc3[N+](=O)[O-])c(N)nc2cc1OC. The van der Waals surface area contributed by atoms with Crippen molar-refractivity contribution in [3.8, 4) is 22.6 Å². The number of nitro benzene ring substituents is 1. The van der Waals surface area contributed by atoms with Gasteiger partial charge in [-0.2, -0.15) is 0 Å². The minimum absolute atomic E-state index is 0.0224. The molecule has 3 aromatic rings. The van der Waals surface area contributed by atoms with Crippen molar-refractivity contribution in [2.75, 3.05) is 20.0 Å². The molecule has 3 rings (SSSR count). The average molecular weight is 325 g/mol. The highest BCUT2D eigenvalue weighted by Crippen LogP contribution is 2.37. The first kappa shape index (κ1) is 15.5. The normalized spacial score (nSPS) is 10.6.